The van der Waals surface area contributed by atoms with Crippen LogP contribution in [0.3, 0.4) is 0 Å². The highest BCUT2D eigenvalue weighted by atomic mass is 16.5. The van der Waals surface area contributed by atoms with Crippen molar-refractivity contribution in [3.8, 4) is 5.75 Å². The summed E-state index contributed by atoms with van der Waals surface area (Å²) in [4.78, 5) is 28.2. The molecule has 4 rings (SSSR count). The number of imide groups is 1. The van der Waals surface area contributed by atoms with E-state index in [0.717, 1.165) is 31.8 Å². The van der Waals surface area contributed by atoms with E-state index in [4.69, 9.17) is 4.74 Å². The van der Waals surface area contributed by atoms with Crippen LogP contribution in [0.5, 0.6) is 5.75 Å². The number of allylic oxidation sites excluding steroid dienone is 1. The second kappa shape index (κ2) is 8.80. The van der Waals surface area contributed by atoms with E-state index >= 15 is 0 Å². The van der Waals surface area contributed by atoms with Crippen LogP contribution in [0.4, 0.5) is 0 Å². The Bertz CT molecular complexity index is 835. The lowest BCUT2D eigenvalue weighted by Gasteiger charge is -2.39. The van der Waals surface area contributed by atoms with Crippen LogP contribution >= 0.6 is 0 Å². The Balaban J connectivity index is 1.37. The molecule has 1 aromatic rings. The van der Waals surface area contributed by atoms with Crippen LogP contribution in [-0.4, -0.2) is 46.8 Å². The number of likely N-dealkylation sites (tertiary alicyclic amines) is 1. The molecule has 2 fully saturated rings. The second-order valence-electron chi connectivity index (χ2n) is 9.10. The van der Waals surface area contributed by atoms with Gasteiger partial charge in [0.05, 0.1) is 12.1 Å². The maximum absolute atomic E-state index is 12.2. The number of hydrogen-bond donors (Lipinski definition) is 1. The number of benzene rings is 1. The SMILES string of the molecule is C=C(C(C)C)N1CCCC[C@@H]1COc1ccc2c(c1)CN(C1CCC(=O)NC1=O)C2. The first kappa shape index (κ1) is 20.9. The number of fused-ring (bicyclic) bond motifs is 1. The van der Waals surface area contributed by atoms with Crippen molar-refractivity contribution in [2.24, 2.45) is 5.92 Å². The lowest BCUT2D eigenvalue weighted by atomic mass is 9.99. The van der Waals surface area contributed by atoms with Crippen LogP contribution in [0.15, 0.2) is 30.5 Å². The number of rotatable bonds is 6. The van der Waals surface area contributed by atoms with Crippen LogP contribution in [0.25, 0.3) is 0 Å². The number of ether oxygens (including phenoxy) is 1. The summed E-state index contributed by atoms with van der Waals surface area (Å²) in [5, 5.41) is 2.47. The van der Waals surface area contributed by atoms with Crippen molar-refractivity contribution in [2.45, 2.75) is 71.1 Å². The summed E-state index contributed by atoms with van der Waals surface area (Å²) in [6.07, 6.45) is 4.61. The number of hydrogen-bond acceptors (Lipinski definition) is 5. The Labute approximate surface area is 179 Å². The van der Waals surface area contributed by atoms with Gasteiger partial charge in [-0.05, 0) is 54.9 Å². The van der Waals surface area contributed by atoms with E-state index in [-0.39, 0.29) is 17.9 Å². The van der Waals surface area contributed by atoms with E-state index in [1.54, 1.807) is 0 Å². The largest absolute Gasteiger partial charge is 0.491 e. The van der Waals surface area contributed by atoms with Crippen LogP contribution in [-0.2, 0) is 22.7 Å². The maximum Gasteiger partial charge on any atom is 0.243 e. The molecule has 3 aliphatic rings. The van der Waals surface area contributed by atoms with Gasteiger partial charge in [0.25, 0.3) is 0 Å². The quantitative estimate of drug-likeness (QED) is 0.729. The van der Waals surface area contributed by atoms with Gasteiger partial charge in [0, 0.05) is 31.8 Å². The number of nitrogens with one attached hydrogen (secondary N) is 1. The molecule has 30 heavy (non-hydrogen) atoms. The molecule has 1 unspecified atom stereocenters. The molecule has 1 aromatic carbocycles. The minimum Gasteiger partial charge on any atom is -0.491 e. The number of piperidine rings is 2. The Morgan fingerprint density at radius 2 is 2.00 bits per heavy atom. The molecule has 162 valence electrons. The fourth-order valence-electron chi connectivity index (χ4n) is 4.81. The summed E-state index contributed by atoms with van der Waals surface area (Å²) in [6, 6.07) is 6.42. The molecule has 0 aromatic heterocycles. The summed E-state index contributed by atoms with van der Waals surface area (Å²) in [5.41, 5.74) is 3.65. The van der Waals surface area contributed by atoms with Crippen LogP contribution in [0.1, 0.15) is 57.1 Å². The van der Waals surface area contributed by atoms with Crippen molar-refractivity contribution < 1.29 is 14.3 Å². The second-order valence-corrected chi connectivity index (χ2v) is 9.10. The number of amides is 2. The monoisotopic (exact) mass is 411 g/mol. The van der Waals surface area contributed by atoms with Crippen molar-refractivity contribution in [3.63, 3.8) is 0 Å². The summed E-state index contributed by atoms with van der Waals surface area (Å²) in [7, 11) is 0. The molecule has 2 atom stereocenters. The third-order valence-electron chi connectivity index (χ3n) is 6.68. The van der Waals surface area contributed by atoms with Crippen molar-refractivity contribution in [3.05, 3.63) is 41.6 Å². The van der Waals surface area contributed by atoms with Crippen LogP contribution < -0.4 is 10.1 Å². The molecule has 0 saturated carbocycles. The van der Waals surface area contributed by atoms with Crippen molar-refractivity contribution in [1.29, 1.82) is 0 Å². The zero-order valence-corrected chi connectivity index (χ0v) is 18.2. The maximum atomic E-state index is 12.2. The Morgan fingerprint density at radius 1 is 1.20 bits per heavy atom. The van der Waals surface area contributed by atoms with E-state index in [2.05, 4.69) is 47.7 Å². The topological polar surface area (TPSA) is 61.9 Å². The predicted octanol–water partition coefficient (Wildman–Crippen LogP) is 3.21. The summed E-state index contributed by atoms with van der Waals surface area (Å²) < 4.78 is 6.22. The van der Waals surface area contributed by atoms with Crippen molar-refractivity contribution in [1.82, 2.24) is 15.1 Å². The molecule has 2 amide bonds. The van der Waals surface area contributed by atoms with Gasteiger partial charge in [0.1, 0.15) is 12.4 Å². The summed E-state index contributed by atoms with van der Waals surface area (Å²) >= 11 is 0. The van der Waals surface area contributed by atoms with Gasteiger partial charge in [-0.2, -0.15) is 0 Å². The van der Waals surface area contributed by atoms with Gasteiger partial charge in [0.15, 0.2) is 0 Å². The van der Waals surface area contributed by atoms with E-state index in [9.17, 15) is 9.59 Å². The lowest BCUT2D eigenvalue weighted by Crippen LogP contribution is -2.50. The van der Waals surface area contributed by atoms with Gasteiger partial charge in [-0.25, -0.2) is 0 Å². The van der Waals surface area contributed by atoms with E-state index in [1.165, 1.54) is 29.7 Å². The van der Waals surface area contributed by atoms with E-state index in [1.807, 2.05) is 6.07 Å². The molecule has 0 radical (unpaired) electrons. The fourth-order valence-corrected chi connectivity index (χ4v) is 4.81. The van der Waals surface area contributed by atoms with Crippen LogP contribution in [0.2, 0.25) is 0 Å². The standard InChI is InChI=1S/C24H33N3O3/c1-16(2)17(3)27-11-5-4-6-20(27)15-30-21-8-7-18-13-26(14-19(18)12-21)22-9-10-23(28)25-24(22)29/h7-8,12,16,20,22H,3-6,9-11,13-15H2,1-2H3,(H,25,28,29)/t20-,22?/m1/s1. The Morgan fingerprint density at radius 3 is 2.77 bits per heavy atom. The number of carbonyl (C=O) groups excluding carboxylic acids is 2. The summed E-state index contributed by atoms with van der Waals surface area (Å²) in [6.45, 7) is 11.9. The molecular formula is C24H33N3O3. The van der Waals surface area contributed by atoms with Gasteiger partial charge in [-0.1, -0.05) is 26.5 Å². The Kier molecular flexibility index (Phi) is 6.14. The smallest absolute Gasteiger partial charge is 0.243 e. The molecular weight excluding hydrogens is 378 g/mol. The number of nitrogens with zero attached hydrogens (tertiary/aromatic N) is 2. The molecule has 3 aliphatic heterocycles. The van der Waals surface area contributed by atoms with Gasteiger partial charge in [-0.3, -0.25) is 19.8 Å². The summed E-state index contributed by atoms with van der Waals surface area (Å²) in [5.74, 6) is 1.00. The minimum absolute atomic E-state index is 0.166. The van der Waals surface area contributed by atoms with Crippen molar-refractivity contribution >= 4 is 11.8 Å². The van der Waals surface area contributed by atoms with E-state index in [0.29, 0.717) is 31.4 Å². The molecule has 6 nitrogen and oxygen atoms in total. The van der Waals surface area contributed by atoms with Gasteiger partial charge < -0.3 is 9.64 Å². The van der Waals surface area contributed by atoms with Gasteiger partial charge in [0.2, 0.25) is 11.8 Å². The van der Waals surface area contributed by atoms with E-state index < -0.39 is 0 Å². The zero-order valence-electron chi connectivity index (χ0n) is 18.2. The first-order chi connectivity index (χ1) is 14.4. The number of carbonyl (C=O) groups is 2. The minimum atomic E-state index is -0.225. The lowest BCUT2D eigenvalue weighted by molar-refractivity contribution is -0.137. The molecule has 2 saturated heterocycles. The highest BCUT2D eigenvalue weighted by molar-refractivity contribution is 6.00. The van der Waals surface area contributed by atoms with Crippen LogP contribution in [0, 0.1) is 5.92 Å². The highest BCUT2D eigenvalue weighted by Gasteiger charge is 2.34. The zero-order chi connectivity index (χ0) is 21.3. The predicted molar refractivity (Wildman–Crippen MR) is 116 cm³/mol. The third-order valence-corrected chi connectivity index (χ3v) is 6.68. The van der Waals surface area contributed by atoms with Gasteiger partial charge in [-0.15, -0.1) is 0 Å². The Hall–Kier alpha value is -2.34. The first-order valence-corrected chi connectivity index (χ1v) is 11.2. The third kappa shape index (κ3) is 4.38. The molecule has 6 heteroatoms. The fraction of sp³-hybridized carbons (Fsp3) is 0.583. The highest BCUT2D eigenvalue weighted by Crippen LogP contribution is 2.31. The molecule has 0 spiro atoms. The molecule has 3 heterocycles. The van der Waals surface area contributed by atoms with Gasteiger partial charge >= 0.3 is 0 Å². The molecule has 0 aliphatic carbocycles. The molecule has 0 bridgehead atoms. The molecule has 1 N–H and O–H groups in total. The van der Waals surface area contributed by atoms with Crippen molar-refractivity contribution in [2.75, 3.05) is 13.2 Å². The average Bonchev–Trinajstić information content (AvgIpc) is 3.14. The average molecular weight is 412 g/mol. The first-order valence-electron chi connectivity index (χ1n) is 11.2. The normalized spacial score (nSPS) is 24.7.